The van der Waals surface area contributed by atoms with Gasteiger partial charge in [0, 0.05) is 40.3 Å². The Labute approximate surface area is 446 Å². The summed E-state index contributed by atoms with van der Waals surface area (Å²) in [6.07, 6.45) is 0. The third-order valence-electron chi connectivity index (χ3n) is 16.6. The maximum Gasteiger partial charge on any atom is 0.0355 e. The van der Waals surface area contributed by atoms with Gasteiger partial charge in [-0.3, -0.25) is 0 Å². The van der Waals surface area contributed by atoms with Crippen molar-refractivity contribution in [3.63, 3.8) is 0 Å². The first-order chi connectivity index (χ1) is 37.6. The Hall–Kier alpha value is -9.18. The van der Waals surface area contributed by atoms with E-state index in [2.05, 4.69) is 255 Å². The summed E-state index contributed by atoms with van der Waals surface area (Å²) in [5.41, 5.74) is 15.0. The highest BCUT2D eigenvalue weighted by atomic mass is 32.1. The van der Waals surface area contributed by atoms with Gasteiger partial charge in [-0.1, -0.05) is 206 Å². The summed E-state index contributed by atoms with van der Waals surface area (Å²) in [6.45, 7) is 0. The third kappa shape index (κ3) is 6.29. The zero-order valence-electron chi connectivity index (χ0n) is 41.1. The van der Waals surface area contributed by atoms with E-state index in [1.54, 1.807) is 0 Å². The van der Waals surface area contributed by atoms with Gasteiger partial charge in [0.1, 0.15) is 0 Å². The van der Waals surface area contributed by atoms with Gasteiger partial charge < -0.3 is 0 Å². The van der Waals surface area contributed by atoms with Crippen molar-refractivity contribution in [2.45, 2.75) is 0 Å². The molecule has 350 valence electrons. The van der Waals surface area contributed by atoms with Gasteiger partial charge in [0.2, 0.25) is 0 Å². The van der Waals surface area contributed by atoms with Crippen LogP contribution in [0.15, 0.2) is 255 Å². The van der Waals surface area contributed by atoms with Gasteiger partial charge in [0.25, 0.3) is 0 Å². The molecule has 0 aliphatic rings. The minimum atomic E-state index is 1.22. The molecule has 76 heavy (non-hydrogen) atoms. The zero-order chi connectivity index (χ0) is 49.6. The fourth-order valence-corrected chi connectivity index (χ4v) is 15.1. The van der Waals surface area contributed by atoms with E-state index in [-0.39, 0.29) is 0 Å². The van der Waals surface area contributed by atoms with E-state index >= 15 is 0 Å². The molecule has 0 unspecified atom stereocenters. The van der Waals surface area contributed by atoms with E-state index in [1.165, 1.54) is 172 Å². The molecule has 2 aromatic heterocycles. The van der Waals surface area contributed by atoms with Gasteiger partial charge in [0.15, 0.2) is 0 Å². The van der Waals surface area contributed by atoms with Crippen LogP contribution < -0.4 is 0 Å². The quantitative estimate of drug-likeness (QED) is 0.146. The molecular formula is C74H42S2. The Morgan fingerprint density at radius 3 is 0.763 bits per heavy atom. The van der Waals surface area contributed by atoms with Crippen molar-refractivity contribution in [2.24, 2.45) is 0 Å². The maximum absolute atomic E-state index is 2.43. The Kier molecular flexibility index (Phi) is 8.97. The molecule has 0 N–H and O–H groups in total. The lowest BCUT2D eigenvalue weighted by atomic mass is 9.87. The number of fused-ring (bicyclic) bond motifs is 6. The molecule has 0 fully saturated rings. The first kappa shape index (κ1) is 42.2. The SMILES string of the molecule is c1ccc(-c2ccc3ccc4c(-c5ccc6sc7ccc(-c8ccc(-c9ccc%10sc%11ccc(-c%12ccc%13ccc%14c(-c%15ccccc%15)ccc%15ccc%12c%13c%15%14)cc%11c%10c9)cc8)cc7c6c5)ccc5ccc2c3c54)cc1. The van der Waals surface area contributed by atoms with E-state index in [9.17, 15) is 0 Å². The summed E-state index contributed by atoms with van der Waals surface area (Å²) in [5.74, 6) is 0. The van der Waals surface area contributed by atoms with Crippen LogP contribution in [0.25, 0.3) is 172 Å². The molecule has 0 radical (unpaired) electrons. The Balaban J connectivity index is 0.712. The van der Waals surface area contributed by atoms with Crippen molar-refractivity contribution >= 4 is 128 Å². The molecule has 2 heteroatoms. The molecule has 0 bridgehead atoms. The maximum atomic E-state index is 2.43. The van der Waals surface area contributed by atoms with E-state index in [4.69, 9.17) is 0 Å². The lowest BCUT2D eigenvalue weighted by Crippen LogP contribution is -1.89. The highest BCUT2D eigenvalue weighted by molar-refractivity contribution is 7.26. The van der Waals surface area contributed by atoms with E-state index in [0.717, 1.165) is 0 Å². The highest BCUT2D eigenvalue weighted by Gasteiger charge is 2.19. The summed E-state index contributed by atoms with van der Waals surface area (Å²) in [5, 5.41) is 21.0. The van der Waals surface area contributed by atoms with Crippen LogP contribution in [0.2, 0.25) is 0 Å². The minimum absolute atomic E-state index is 1.22. The molecule has 0 aliphatic carbocycles. The van der Waals surface area contributed by atoms with E-state index in [0.29, 0.717) is 0 Å². The van der Waals surface area contributed by atoms with Crippen molar-refractivity contribution in [1.29, 1.82) is 0 Å². The fourth-order valence-electron chi connectivity index (χ4n) is 12.9. The van der Waals surface area contributed by atoms with Crippen molar-refractivity contribution in [3.05, 3.63) is 255 Å². The Morgan fingerprint density at radius 2 is 0.434 bits per heavy atom. The van der Waals surface area contributed by atoms with Crippen LogP contribution in [0.1, 0.15) is 0 Å². The lowest BCUT2D eigenvalue weighted by Gasteiger charge is -2.16. The van der Waals surface area contributed by atoms with Gasteiger partial charge in [-0.05, 0) is 180 Å². The molecular weight excluding hydrogens is 953 g/mol. The topological polar surface area (TPSA) is 0 Å². The smallest absolute Gasteiger partial charge is 0.0355 e. The first-order valence-electron chi connectivity index (χ1n) is 26.2. The van der Waals surface area contributed by atoms with Crippen molar-refractivity contribution in [1.82, 2.24) is 0 Å². The predicted octanol–water partition coefficient (Wildman–Crippen LogP) is 22.2. The number of rotatable bonds is 6. The minimum Gasteiger partial charge on any atom is -0.135 e. The molecule has 0 nitrogen and oxygen atoms in total. The van der Waals surface area contributed by atoms with Gasteiger partial charge >= 0.3 is 0 Å². The van der Waals surface area contributed by atoms with Crippen LogP contribution in [-0.4, -0.2) is 0 Å². The summed E-state index contributed by atoms with van der Waals surface area (Å²) >= 11 is 3.76. The van der Waals surface area contributed by atoms with Crippen molar-refractivity contribution < 1.29 is 0 Å². The van der Waals surface area contributed by atoms with Gasteiger partial charge in [-0.15, -0.1) is 22.7 Å². The summed E-state index contributed by atoms with van der Waals surface area (Å²) < 4.78 is 5.25. The van der Waals surface area contributed by atoms with Crippen LogP contribution in [0, 0.1) is 0 Å². The molecule has 0 saturated heterocycles. The number of benzene rings is 15. The second-order valence-electron chi connectivity index (χ2n) is 20.7. The Bertz CT molecular complexity index is 4870. The van der Waals surface area contributed by atoms with Gasteiger partial charge in [-0.2, -0.15) is 0 Å². The molecule has 0 aliphatic heterocycles. The summed E-state index contributed by atoms with van der Waals surface area (Å²) in [4.78, 5) is 0. The van der Waals surface area contributed by atoms with E-state index < -0.39 is 0 Å². The zero-order valence-corrected chi connectivity index (χ0v) is 42.7. The standard InChI is InChI=1S/C74H42S2/c1-3-7-45(8-4-1)55-27-15-47-21-33-61-57(29-17-49-19-31-59(55)71(47)73(49)61)53-25-37-69-65(41-53)63-39-51(23-35-67(63)75-69)43-11-13-44(14-12-43)52-24-36-68-64(40-52)66-42-54(26-38-70(66)76-68)58-30-18-50-20-32-60-56(46-9-5-2-6-10-46)28-16-48-22-34-62(58)74(50)72(48)60/h1-42H. The third-order valence-corrected chi connectivity index (χ3v) is 18.9. The molecule has 2 heterocycles. The van der Waals surface area contributed by atoms with E-state index in [1.807, 2.05) is 22.7 Å². The monoisotopic (exact) mass is 994 g/mol. The van der Waals surface area contributed by atoms with Gasteiger partial charge in [-0.25, -0.2) is 0 Å². The summed E-state index contributed by atoms with van der Waals surface area (Å²) in [7, 11) is 0. The average molecular weight is 995 g/mol. The van der Waals surface area contributed by atoms with Crippen molar-refractivity contribution in [3.8, 4) is 66.8 Å². The molecule has 0 saturated carbocycles. The highest BCUT2D eigenvalue weighted by Crippen LogP contribution is 2.47. The second kappa shape index (κ2) is 16.2. The predicted molar refractivity (Wildman–Crippen MR) is 332 cm³/mol. The Morgan fingerprint density at radius 1 is 0.171 bits per heavy atom. The second-order valence-corrected chi connectivity index (χ2v) is 22.8. The summed E-state index contributed by atoms with van der Waals surface area (Å²) in [6, 6.07) is 96.0. The van der Waals surface area contributed by atoms with Crippen LogP contribution in [0.4, 0.5) is 0 Å². The lowest BCUT2D eigenvalue weighted by molar-refractivity contribution is 1.63. The number of thiophene rings is 2. The average Bonchev–Trinajstić information content (AvgIpc) is 4.06. The number of hydrogen-bond donors (Lipinski definition) is 0. The fraction of sp³-hybridized carbons (Fsp3) is 0. The molecule has 0 spiro atoms. The molecule has 0 amide bonds. The van der Waals surface area contributed by atoms with Gasteiger partial charge in [0.05, 0.1) is 0 Å². The van der Waals surface area contributed by atoms with Crippen LogP contribution in [-0.2, 0) is 0 Å². The molecule has 17 aromatic rings. The first-order valence-corrected chi connectivity index (χ1v) is 27.8. The van der Waals surface area contributed by atoms with Crippen LogP contribution in [0.3, 0.4) is 0 Å². The molecule has 15 aromatic carbocycles. The molecule has 17 rings (SSSR count). The van der Waals surface area contributed by atoms with Crippen LogP contribution in [0.5, 0.6) is 0 Å². The largest absolute Gasteiger partial charge is 0.135 e. The van der Waals surface area contributed by atoms with Crippen LogP contribution >= 0.6 is 22.7 Å². The van der Waals surface area contributed by atoms with Crippen molar-refractivity contribution in [2.75, 3.05) is 0 Å². The molecule has 0 atom stereocenters. The normalized spacial score (nSPS) is 12.2. The number of hydrogen-bond acceptors (Lipinski definition) is 2.